The Balaban J connectivity index is 2.83. The predicted octanol–water partition coefficient (Wildman–Crippen LogP) is 1.46. The van der Waals surface area contributed by atoms with Gasteiger partial charge in [-0.3, -0.25) is 4.79 Å². The molecule has 0 aliphatic rings. The van der Waals surface area contributed by atoms with Gasteiger partial charge in [-0.1, -0.05) is 6.07 Å². The molecular formula is C11H13N3O. The minimum Gasteiger partial charge on any atom is -0.366 e. The van der Waals surface area contributed by atoms with Gasteiger partial charge in [0, 0.05) is 6.54 Å². The molecule has 0 aliphatic heterocycles. The predicted molar refractivity (Wildman–Crippen MR) is 58.7 cm³/mol. The van der Waals surface area contributed by atoms with Crippen LogP contribution < -0.4 is 5.73 Å². The zero-order valence-corrected chi connectivity index (χ0v) is 8.82. The van der Waals surface area contributed by atoms with E-state index in [1.165, 1.54) is 0 Å². The van der Waals surface area contributed by atoms with Crippen LogP contribution in [-0.2, 0) is 6.54 Å². The van der Waals surface area contributed by atoms with E-state index in [0.717, 1.165) is 17.9 Å². The van der Waals surface area contributed by atoms with Crippen LogP contribution in [0.1, 0.15) is 23.1 Å². The second kappa shape index (κ2) is 3.38. The lowest BCUT2D eigenvalue weighted by Gasteiger charge is -2.01. The average Bonchev–Trinajstić information content (AvgIpc) is 2.52. The minimum atomic E-state index is -0.429. The highest BCUT2D eigenvalue weighted by Gasteiger charge is 2.12. The third kappa shape index (κ3) is 1.38. The number of benzene rings is 1. The number of imidazole rings is 1. The second-order valence-corrected chi connectivity index (χ2v) is 3.44. The highest BCUT2D eigenvalue weighted by Crippen LogP contribution is 2.19. The Labute approximate surface area is 87.7 Å². The van der Waals surface area contributed by atoms with Crippen molar-refractivity contribution in [1.82, 2.24) is 9.55 Å². The Bertz CT molecular complexity index is 528. The van der Waals surface area contributed by atoms with E-state index in [2.05, 4.69) is 9.55 Å². The van der Waals surface area contributed by atoms with Crippen molar-refractivity contribution in [3.05, 3.63) is 29.6 Å². The number of nitrogens with zero attached hydrogens (tertiary/aromatic N) is 2. The fourth-order valence-electron chi connectivity index (χ4n) is 1.86. The molecule has 0 atom stereocenters. The van der Waals surface area contributed by atoms with Gasteiger partial charge in [-0.05, 0) is 26.0 Å². The quantitative estimate of drug-likeness (QED) is 0.803. The minimum absolute atomic E-state index is 0.429. The molecular weight excluding hydrogens is 190 g/mol. The number of nitrogens with two attached hydrogens (primary N) is 1. The van der Waals surface area contributed by atoms with Crippen LogP contribution in [0.25, 0.3) is 11.0 Å². The zero-order chi connectivity index (χ0) is 11.0. The highest BCUT2D eigenvalue weighted by molar-refractivity contribution is 6.04. The summed E-state index contributed by atoms with van der Waals surface area (Å²) >= 11 is 0. The van der Waals surface area contributed by atoms with E-state index in [0.29, 0.717) is 11.1 Å². The number of primary amides is 1. The number of carbonyl (C=O) groups is 1. The zero-order valence-electron chi connectivity index (χ0n) is 8.82. The van der Waals surface area contributed by atoms with E-state index in [1.54, 1.807) is 6.07 Å². The summed E-state index contributed by atoms with van der Waals surface area (Å²) < 4.78 is 2.06. The largest absolute Gasteiger partial charge is 0.366 e. The number of carbonyl (C=O) groups excluding carboxylic acids is 1. The molecule has 1 aromatic heterocycles. The van der Waals surface area contributed by atoms with Gasteiger partial charge in [0.2, 0.25) is 0 Å². The van der Waals surface area contributed by atoms with Crippen LogP contribution in [-0.4, -0.2) is 15.5 Å². The number of aryl methyl sites for hydroxylation is 2. The molecule has 4 heteroatoms. The Hall–Kier alpha value is -1.84. The van der Waals surface area contributed by atoms with E-state index >= 15 is 0 Å². The maximum atomic E-state index is 11.2. The summed E-state index contributed by atoms with van der Waals surface area (Å²) in [7, 11) is 0. The van der Waals surface area contributed by atoms with E-state index in [9.17, 15) is 4.79 Å². The van der Waals surface area contributed by atoms with Crippen LogP contribution in [0.2, 0.25) is 0 Å². The van der Waals surface area contributed by atoms with Crippen molar-refractivity contribution in [1.29, 1.82) is 0 Å². The maximum Gasteiger partial charge on any atom is 0.250 e. The molecule has 1 aromatic carbocycles. The molecule has 0 aliphatic carbocycles. The normalized spacial score (nSPS) is 10.8. The molecule has 1 amide bonds. The van der Waals surface area contributed by atoms with Crippen molar-refractivity contribution >= 4 is 16.9 Å². The van der Waals surface area contributed by atoms with Gasteiger partial charge in [-0.25, -0.2) is 4.98 Å². The van der Waals surface area contributed by atoms with Crippen LogP contribution in [0.5, 0.6) is 0 Å². The van der Waals surface area contributed by atoms with Gasteiger partial charge in [0.05, 0.1) is 11.1 Å². The van der Waals surface area contributed by atoms with Crippen molar-refractivity contribution in [2.45, 2.75) is 20.4 Å². The van der Waals surface area contributed by atoms with Crippen molar-refractivity contribution in [2.75, 3.05) is 0 Å². The SMILES string of the molecule is CCn1c(C)nc2c(C(N)=O)cccc21. The first-order chi connectivity index (χ1) is 7.15. The van der Waals surface area contributed by atoms with E-state index in [-0.39, 0.29) is 0 Å². The summed E-state index contributed by atoms with van der Waals surface area (Å²) in [4.78, 5) is 15.6. The van der Waals surface area contributed by atoms with E-state index in [1.807, 2.05) is 26.0 Å². The number of hydrogen-bond acceptors (Lipinski definition) is 2. The molecule has 78 valence electrons. The lowest BCUT2D eigenvalue weighted by Crippen LogP contribution is -2.11. The molecule has 1 heterocycles. The number of hydrogen-bond donors (Lipinski definition) is 1. The smallest absolute Gasteiger partial charge is 0.250 e. The highest BCUT2D eigenvalue weighted by atomic mass is 16.1. The lowest BCUT2D eigenvalue weighted by atomic mass is 10.2. The Morgan fingerprint density at radius 3 is 2.87 bits per heavy atom. The number of para-hydroxylation sites is 1. The third-order valence-corrected chi connectivity index (χ3v) is 2.55. The first-order valence-corrected chi connectivity index (χ1v) is 4.90. The van der Waals surface area contributed by atoms with Crippen molar-refractivity contribution in [3.8, 4) is 0 Å². The summed E-state index contributed by atoms with van der Waals surface area (Å²) in [6.45, 7) is 4.81. The van der Waals surface area contributed by atoms with Gasteiger partial charge in [0.15, 0.2) is 0 Å². The van der Waals surface area contributed by atoms with Gasteiger partial charge in [-0.15, -0.1) is 0 Å². The van der Waals surface area contributed by atoms with Gasteiger partial charge in [-0.2, -0.15) is 0 Å². The van der Waals surface area contributed by atoms with Gasteiger partial charge >= 0.3 is 0 Å². The fraction of sp³-hybridized carbons (Fsp3) is 0.273. The molecule has 0 unspecified atom stereocenters. The Kier molecular flexibility index (Phi) is 2.19. The molecule has 0 radical (unpaired) electrons. The molecule has 2 N–H and O–H groups in total. The van der Waals surface area contributed by atoms with Gasteiger partial charge in [0.25, 0.3) is 5.91 Å². The molecule has 2 aromatic rings. The van der Waals surface area contributed by atoms with Crippen molar-refractivity contribution in [3.63, 3.8) is 0 Å². The number of rotatable bonds is 2. The average molecular weight is 203 g/mol. The molecule has 0 saturated carbocycles. The summed E-state index contributed by atoms with van der Waals surface area (Å²) in [6, 6.07) is 5.48. The van der Waals surface area contributed by atoms with E-state index in [4.69, 9.17) is 5.73 Å². The molecule has 2 rings (SSSR count). The van der Waals surface area contributed by atoms with Crippen molar-refractivity contribution < 1.29 is 4.79 Å². The lowest BCUT2D eigenvalue weighted by molar-refractivity contribution is 0.100. The monoisotopic (exact) mass is 203 g/mol. The molecule has 15 heavy (non-hydrogen) atoms. The summed E-state index contributed by atoms with van der Waals surface area (Å²) in [6.07, 6.45) is 0. The number of amides is 1. The molecule has 0 fully saturated rings. The standard InChI is InChI=1S/C11H13N3O/c1-3-14-7(2)13-10-8(11(12)15)5-4-6-9(10)14/h4-6H,3H2,1-2H3,(H2,12,15). The topological polar surface area (TPSA) is 60.9 Å². The first-order valence-electron chi connectivity index (χ1n) is 4.90. The number of aromatic nitrogens is 2. The second-order valence-electron chi connectivity index (χ2n) is 3.44. The summed E-state index contributed by atoms with van der Waals surface area (Å²) in [5, 5.41) is 0. The van der Waals surface area contributed by atoms with E-state index < -0.39 is 5.91 Å². The fourth-order valence-corrected chi connectivity index (χ4v) is 1.86. The first kappa shape index (κ1) is 9.71. The van der Waals surface area contributed by atoms with Crippen LogP contribution in [0, 0.1) is 6.92 Å². The molecule has 0 spiro atoms. The van der Waals surface area contributed by atoms with Crippen LogP contribution in [0.3, 0.4) is 0 Å². The molecule has 4 nitrogen and oxygen atoms in total. The summed E-state index contributed by atoms with van der Waals surface area (Å²) in [5.74, 6) is 0.475. The Morgan fingerprint density at radius 2 is 2.27 bits per heavy atom. The van der Waals surface area contributed by atoms with Crippen LogP contribution in [0.15, 0.2) is 18.2 Å². The third-order valence-electron chi connectivity index (χ3n) is 2.55. The van der Waals surface area contributed by atoms with Crippen LogP contribution in [0.4, 0.5) is 0 Å². The van der Waals surface area contributed by atoms with Crippen molar-refractivity contribution in [2.24, 2.45) is 5.73 Å². The van der Waals surface area contributed by atoms with Gasteiger partial charge in [0.1, 0.15) is 11.3 Å². The molecule has 0 saturated heterocycles. The van der Waals surface area contributed by atoms with Crippen LogP contribution >= 0.6 is 0 Å². The summed E-state index contributed by atoms with van der Waals surface area (Å²) in [5.41, 5.74) is 7.44. The molecule has 0 bridgehead atoms. The Morgan fingerprint density at radius 1 is 1.53 bits per heavy atom. The maximum absolute atomic E-state index is 11.2. The number of fused-ring (bicyclic) bond motifs is 1. The van der Waals surface area contributed by atoms with Gasteiger partial charge < -0.3 is 10.3 Å².